The van der Waals surface area contributed by atoms with Crippen LogP contribution in [0.1, 0.15) is 30.6 Å². The first-order chi connectivity index (χ1) is 14.7. The molecule has 31 heavy (non-hydrogen) atoms. The van der Waals surface area contributed by atoms with Crippen LogP contribution in [0.25, 0.3) is 0 Å². The molecule has 7 nitrogen and oxygen atoms in total. The van der Waals surface area contributed by atoms with Crippen molar-refractivity contribution < 1.29 is 22.7 Å². The van der Waals surface area contributed by atoms with Gasteiger partial charge in [-0.1, -0.05) is 32.0 Å². The first-order valence-electron chi connectivity index (χ1n) is 10.3. The van der Waals surface area contributed by atoms with E-state index in [9.17, 15) is 18.0 Å². The molecular formula is C23H28N2O5S. The van der Waals surface area contributed by atoms with Gasteiger partial charge >= 0.3 is 5.97 Å². The molecular weight excluding hydrogens is 416 g/mol. The second-order valence-corrected chi connectivity index (χ2v) is 10.1. The molecule has 1 fully saturated rings. The zero-order chi connectivity index (χ0) is 22.6. The second-order valence-electron chi connectivity index (χ2n) is 8.16. The summed E-state index contributed by atoms with van der Waals surface area (Å²) in [6, 6.07) is 14.7. The quantitative estimate of drug-likeness (QED) is 0.639. The summed E-state index contributed by atoms with van der Waals surface area (Å²) >= 11 is 0. The zero-order valence-corrected chi connectivity index (χ0v) is 18.8. The van der Waals surface area contributed by atoms with Gasteiger partial charge in [-0.15, -0.1) is 0 Å². The first kappa shape index (κ1) is 23.0. The van der Waals surface area contributed by atoms with Crippen LogP contribution >= 0.6 is 0 Å². The highest BCUT2D eigenvalue weighted by atomic mass is 32.2. The molecule has 0 aromatic heterocycles. The fourth-order valence-corrected chi connectivity index (χ4v) is 5.50. The number of hydrogen-bond acceptors (Lipinski definition) is 5. The van der Waals surface area contributed by atoms with Crippen LogP contribution in [0.3, 0.4) is 0 Å². The van der Waals surface area contributed by atoms with Gasteiger partial charge in [-0.3, -0.25) is 4.79 Å². The molecule has 0 aliphatic carbocycles. The maximum atomic E-state index is 12.9. The molecule has 0 bridgehead atoms. The van der Waals surface area contributed by atoms with Crippen LogP contribution in [0.5, 0.6) is 0 Å². The Balaban J connectivity index is 1.61. The molecule has 2 aromatic carbocycles. The van der Waals surface area contributed by atoms with Crippen molar-refractivity contribution in [1.82, 2.24) is 4.31 Å². The molecule has 1 saturated heterocycles. The number of sulfonamides is 1. The van der Waals surface area contributed by atoms with E-state index < -0.39 is 22.6 Å². The molecule has 1 amide bonds. The van der Waals surface area contributed by atoms with E-state index in [1.54, 1.807) is 19.2 Å². The average molecular weight is 445 g/mol. The summed E-state index contributed by atoms with van der Waals surface area (Å²) in [6.07, 6.45) is 1.01. The van der Waals surface area contributed by atoms with Crippen LogP contribution in [-0.4, -0.2) is 51.3 Å². The van der Waals surface area contributed by atoms with E-state index in [0.717, 1.165) is 6.42 Å². The van der Waals surface area contributed by atoms with E-state index in [4.69, 9.17) is 4.74 Å². The number of benzene rings is 2. The van der Waals surface area contributed by atoms with Gasteiger partial charge in [0.05, 0.1) is 10.5 Å². The Morgan fingerprint density at radius 2 is 1.58 bits per heavy atom. The van der Waals surface area contributed by atoms with Gasteiger partial charge in [0.1, 0.15) is 0 Å². The first-order valence-corrected chi connectivity index (χ1v) is 11.7. The average Bonchev–Trinajstić information content (AvgIpc) is 2.76. The predicted octanol–water partition coefficient (Wildman–Crippen LogP) is 3.17. The zero-order valence-electron chi connectivity index (χ0n) is 18.0. The van der Waals surface area contributed by atoms with Crippen LogP contribution in [-0.2, 0) is 19.6 Å². The standard InChI is InChI=1S/C23H28N2O5S/c1-17-13-18(2)15-25(14-17)31(28,29)21-11-9-19(10-12-21)23(27)30-16-22(26)24(3)20-7-5-4-6-8-20/h4-12,17-18H,13-16H2,1-3H3/t17-,18+. The van der Waals surface area contributed by atoms with Gasteiger partial charge in [-0.2, -0.15) is 4.31 Å². The lowest BCUT2D eigenvalue weighted by Gasteiger charge is -2.34. The number of para-hydroxylation sites is 1. The van der Waals surface area contributed by atoms with Crippen molar-refractivity contribution in [3.05, 3.63) is 60.2 Å². The van der Waals surface area contributed by atoms with Crippen LogP contribution in [0.4, 0.5) is 5.69 Å². The summed E-state index contributed by atoms with van der Waals surface area (Å²) in [7, 11) is -2.01. The lowest BCUT2D eigenvalue weighted by atomic mass is 9.94. The number of ether oxygens (including phenoxy) is 1. The van der Waals surface area contributed by atoms with E-state index >= 15 is 0 Å². The van der Waals surface area contributed by atoms with Gasteiger partial charge in [0.15, 0.2) is 6.61 Å². The van der Waals surface area contributed by atoms with E-state index in [1.807, 2.05) is 32.0 Å². The molecule has 0 N–H and O–H groups in total. The molecule has 0 saturated carbocycles. The fraction of sp³-hybridized carbons (Fsp3) is 0.391. The number of rotatable bonds is 6. The summed E-state index contributed by atoms with van der Waals surface area (Å²) in [5.41, 5.74) is 0.883. The minimum absolute atomic E-state index is 0.144. The van der Waals surface area contributed by atoms with Gasteiger partial charge < -0.3 is 9.64 Å². The number of piperidine rings is 1. The summed E-state index contributed by atoms with van der Waals surface area (Å²) in [5, 5.41) is 0. The molecule has 0 unspecified atom stereocenters. The number of carbonyl (C=O) groups excluding carboxylic acids is 2. The largest absolute Gasteiger partial charge is 0.452 e. The number of likely N-dealkylation sites (N-methyl/N-ethyl adjacent to an activating group) is 1. The molecule has 1 heterocycles. The molecule has 8 heteroatoms. The van der Waals surface area contributed by atoms with Crippen LogP contribution in [0.2, 0.25) is 0 Å². The van der Waals surface area contributed by atoms with E-state index in [2.05, 4.69) is 0 Å². The highest BCUT2D eigenvalue weighted by Crippen LogP contribution is 2.26. The molecule has 1 aliphatic heterocycles. The van der Waals surface area contributed by atoms with Crippen molar-refractivity contribution in [2.75, 3.05) is 31.6 Å². The van der Waals surface area contributed by atoms with Crippen LogP contribution in [0, 0.1) is 11.8 Å². The molecule has 2 aromatic rings. The molecule has 1 aliphatic rings. The van der Waals surface area contributed by atoms with Crippen LogP contribution in [0.15, 0.2) is 59.5 Å². The Morgan fingerprint density at radius 1 is 1.00 bits per heavy atom. The topological polar surface area (TPSA) is 84.0 Å². The summed E-state index contributed by atoms with van der Waals surface area (Å²) < 4.78 is 32.5. The number of anilines is 1. The Hall–Kier alpha value is -2.71. The van der Waals surface area contributed by atoms with Gasteiger partial charge in [-0.05, 0) is 54.7 Å². The highest BCUT2D eigenvalue weighted by molar-refractivity contribution is 7.89. The Morgan fingerprint density at radius 3 is 2.16 bits per heavy atom. The highest BCUT2D eigenvalue weighted by Gasteiger charge is 2.31. The second kappa shape index (κ2) is 9.62. The lowest BCUT2D eigenvalue weighted by Crippen LogP contribution is -2.42. The van der Waals surface area contributed by atoms with Gasteiger partial charge in [-0.25, -0.2) is 13.2 Å². The van der Waals surface area contributed by atoms with E-state index in [0.29, 0.717) is 30.6 Å². The Labute approximate surface area is 183 Å². The SMILES string of the molecule is C[C@@H]1C[C@H](C)CN(S(=O)(=O)c2ccc(C(=O)OCC(=O)N(C)c3ccccc3)cc2)C1. The third kappa shape index (κ3) is 5.51. The smallest absolute Gasteiger partial charge is 0.338 e. The van der Waals surface area contributed by atoms with E-state index in [1.165, 1.54) is 33.5 Å². The van der Waals surface area contributed by atoms with Crippen molar-refractivity contribution in [2.45, 2.75) is 25.2 Å². The monoisotopic (exact) mass is 444 g/mol. The number of hydrogen-bond donors (Lipinski definition) is 0. The van der Waals surface area contributed by atoms with Gasteiger partial charge in [0.25, 0.3) is 5.91 Å². The van der Waals surface area contributed by atoms with Crippen molar-refractivity contribution in [3.63, 3.8) is 0 Å². The number of amides is 1. The lowest BCUT2D eigenvalue weighted by molar-refractivity contribution is -0.121. The summed E-state index contributed by atoms with van der Waals surface area (Å²) in [5.74, 6) is -0.440. The van der Waals surface area contributed by atoms with Crippen molar-refractivity contribution >= 4 is 27.6 Å². The molecule has 2 atom stereocenters. The summed E-state index contributed by atoms with van der Waals surface area (Å²) in [4.78, 5) is 26.1. The predicted molar refractivity (Wildman–Crippen MR) is 118 cm³/mol. The maximum absolute atomic E-state index is 12.9. The van der Waals surface area contributed by atoms with Gasteiger partial charge in [0, 0.05) is 25.8 Å². The van der Waals surface area contributed by atoms with Crippen molar-refractivity contribution in [3.8, 4) is 0 Å². The molecule has 0 radical (unpaired) electrons. The molecule has 3 rings (SSSR count). The van der Waals surface area contributed by atoms with Crippen molar-refractivity contribution in [1.29, 1.82) is 0 Å². The molecule has 166 valence electrons. The van der Waals surface area contributed by atoms with Gasteiger partial charge in [0.2, 0.25) is 10.0 Å². The normalized spacial score (nSPS) is 19.6. The summed E-state index contributed by atoms with van der Waals surface area (Å²) in [6.45, 7) is 4.68. The third-order valence-corrected chi connectivity index (χ3v) is 7.25. The Bertz CT molecular complexity index is 1010. The minimum atomic E-state index is -3.62. The van der Waals surface area contributed by atoms with Crippen molar-refractivity contribution in [2.24, 2.45) is 11.8 Å². The number of carbonyl (C=O) groups is 2. The molecule has 0 spiro atoms. The fourth-order valence-electron chi connectivity index (χ4n) is 3.82. The Kier molecular flexibility index (Phi) is 7.12. The number of nitrogens with zero attached hydrogens (tertiary/aromatic N) is 2. The minimum Gasteiger partial charge on any atom is -0.452 e. The maximum Gasteiger partial charge on any atom is 0.338 e. The number of esters is 1. The van der Waals surface area contributed by atoms with Crippen LogP contribution < -0.4 is 4.90 Å². The van der Waals surface area contributed by atoms with E-state index in [-0.39, 0.29) is 16.4 Å². The third-order valence-electron chi connectivity index (χ3n) is 5.41.